The second-order valence-corrected chi connectivity index (χ2v) is 1.77. The predicted molar refractivity (Wildman–Crippen MR) is 40.5 cm³/mol. The Morgan fingerprint density at radius 2 is 1.78 bits per heavy atom. The Morgan fingerprint density at radius 1 is 1.33 bits per heavy atom. The van der Waals surface area contributed by atoms with Crippen molar-refractivity contribution in [2.24, 2.45) is 0 Å². The van der Waals surface area contributed by atoms with Crippen LogP contribution in [0.5, 0.6) is 0 Å². The molecule has 0 rings (SSSR count). The zero-order valence-corrected chi connectivity index (χ0v) is 5.23. The molecule has 52 valence electrons. The van der Waals surface area contributed by atoms with Crippen molar-refractivity contribution >= 4 is 28.9 Å². The first kappa shape index (κ1) is 11.6. The minimum atomic E-state index is -0.0446. The number of carbonyl (C=O) groups is 2. The summed E-state index contributed by atoms with van der Waals surface area (Å²) in [6, 6.07) is 0. The first-order chi connectivity index (χ1) is 3.66. The number of hydrogen-bond acceptors (Lipinski definition) is 2. The molecule has 0 N–H and O–H groups in total. The lowest BCUT2D eigenvalue weighted by Gasteiger charge is -1.87. The van der Waals surface area contributed by atoms with Crippen LogP contribution in [0.3, 0.4) is 0 Å². The Kier molecular flexibility index (Phi) is 7.76. The van der Waals surface area contributed by atoms with Gasteiger partial charge in [-0.15, -0.1) is 0 Å². The van der Waals surface area contributed by atoms with Crippen LogP contribution in [0.2, 0.25) is 0 Å². The lowest BCUT2D eigenvalue weighted by molar-refractivity contribution is -0.125. The van der Waals surface area contributed by atoms with Crippen LogP contribution in [0.1, 0.15) is 26.7 Å². The summed E-state index contributed by atoms with van der Waals surface area (Å²) >= 11 is 0. The molecular weight excluding hydrogens is 131 g/mol. The van der Waals surface area contributed by atoms with Gasteiger partial charge < -0.3 is 0 Å². The van der Waals surface area contributed by atoms with E-state index in [1.807, 2.05) is 0 Å². The van der Waals surface area contributed by atoms with Crippen molar-refractivity contribution < 1.29 is 9.59 Å². The van der Waals surface area contributed by atoms with Crippen LogP contribution in [-0.4, -0.2) is 28.9 Å². The van der Waals surface area contributed by atoms with Crippen LogP contribution in [0.4, 0.5) is 0 Å². The maximum atomic E-state index is 10.4. The Bertz CT molecular complexity index is 110. The summed E-state index contributed by atoms with van der Waals surface area (Å²) in [6.07, 6.45) is 0.579. The molecule has 0 aromatic rings. The van der Waals surface area contributed by atoms with Gasteiger partial charge in [-0.2, -0.15) is 0 Å². The lowest BCUT2D eigenvalue weighted by Crippen LogP contribution is -2.01. The molecule has 9 heavy (non-hydrogen) atoms. The monoisotopic (exact) mass is 144 g/mol. The highest BCUT2D eigenvalue weighted by molar-refractivity contribution is 5.97. The van der Waals surface area contributed by atoms with E-state index in [4.69, 9.17) is 0 Å². The van der Waals surface area contributed by atoms with Crippen molar-refractivity contribution in [1.29, 1.82) is 0 Å². The fourth-order valence-electron chi connectivity index (χ4n) is 0.403. The second kappa shape index (κ2) is 6.00. The smallest absolute Gasteiger partial charge is 0.187 e. The van der Waals surface area contributed by atoms with Crippen LogP contribution in [-0.2, 0) is 9.59 Å². The van der Waals surface area contributed by atoms with Gasteiger partial charge in [-0.25, -0.2) is 0 Å². The fourth-order valence-corrected chi connectivity index (χ4v) is 0.403. The van der Waals surface area contributed by atoms with Crippen molar-refractivity contribution in [3.63, 3.8) is 0 Å². The van der Waals surface area contributed by atoms with Gasteiger partial charge in [0.2, 0.25) is 0 Å². The molecule has 2 nitrogen and oxygen atoms in total. The SMILES string of the molecule is CCC(=O)CC(C)=O.[AlH3]. The van der Waals surface area contributed by atoms with E-state index in [1.54, 1.807) is 6.92 Å². The van der Waals surface area contributed by atoms with E-state index in [0.29, 0.717) is 6.42 Å². The molecular formula is C6H13AlO2. The molecule has 0 aliphatic rings. The Morgan fingerprint density at radius 3 is 1.89 bits per heavy atom. The molecule has 0 bridgehead atoms. The van der Waals surface area contributed by atoms with Crippen LogP contribution in [0, 0.1) is 0 Å². The minimum absolute atomic E-state index is 0. The normalized spacial score (nSPS) is 7.78. The third-order valence-corrected chi connectivity index (χ3v) is 0.840. The Hall–Kier alpha value is -0.128. The fraction of sp³-hybridized carbons (Fsp3) is 0.667. The molecule has 0 radical (unpaired) electrons. The van der Waals surface area contributed by atoms with E-state index in [2.05, 4.69) is 0 Å². The van der Waals surface area contributed by atoms with Gasteiger partial charge in [-0.3, -0.25) is 9.59 Å². The van der Waals surface area contributed by atoms with Crippen LogP contribution < -0.4 is 0 Å². The van der Waals surface area contributed by atoms with Gasteiger partial charge in [0.1, 0.15) is 11.6 Å². The number of rotatable bonds is 3. The first-order valence-corrected chi connectivity index (χ1v) is 2.68. The van der Waals surface area contributed by atoms with Gasteiger partial charge in [0.25, 0.3) is 0 Å². The third-order valence-electron chi connectivity index (χ3n) is 0.840. The summed E-state index contributed by atoms with van der Waals surface area (Å²) in [7, 11) is 0. The van der Waals surface area contributed by atoms with Gasteiger partial charge in [0.15, 0.2) is 17.4 Å². The molecule has 0 heterocycles. The number of Topliss-reactive ketones (excluding diaryl/α,β-unsaturated/α-hetero) is 2. The maximum Gasteiger partial charge on any atom is 0.187 e. The van der Waals surface area contributed by atoms with E-state index >= 15 is 0 Å². The largest absolute Gasteiger partial charge is 0.300 e. The van der Waals surface area contributed by atoms with Crippen LogP contribution >= 0.6 is 0 Å². The van der Waals surface area contributed by atoms with Crippen molar-refractivity contribution in [2.45, 2.75) is 26.7 Å². The highest BCUT2D eigenvalue weighted by Gasteiger charge is 1.99. The van der Waals surface area contributed by atoms with Crippen LogP contribution in [0.25, 0.3) is 0 Å². The number of ketones is 2. The predicted octanol–water partition coefficient (Wildman–Crippen LogP) is -0.239. The molecule has 3 heteroatoms. The van der Waals surface area contributed by atoms with Crippen LogP contribution in [0.15, 0.2) is 0 Å². The van der Waals surface area contributed by atoms with E-state index in [-0.39, 0.29) is 35.3 Å². The minimum Gasteiger partial charge on any atom is -0.300 e. The second-order valence-electron chi connectivity index (χ2n) is 1.77. The van der Waals surface area contributed by atoms with E-state index in [1.165, 1.54) is 6.92 Å². The maximum absolute atomic E-state index is 10.4. The molecule has 0 unspecified atom stereocenters. The molecule has 0 aliphatic heterocycles. The van der Waals surface area contributed by atoms with Gasteiger partial charge >= 0.3 is 0 Å². The zero-order valence-electron chi connectivity index (χ0n) is 5.23. The molecule has 0 aromatic carbocycles. The third kappa shape index (κ3) is 7.87. The van der Waals surface area contributed by atoms with Crippen molar-refractivity contribution in [1.82, 2.24) is 0 Å². The Balaban J connectivity index is 0. The summed E-state index contributed by atoms with van der Waals surface area (Å²) in [5.41, 5.74) is 0. The summed E-state index contributed by atoms with van der Waals surface area (Å²) in [5.74, 6) is -0.0191. The lowest BCUT2D eigenvalue weighted by atomic mass is 10.2. The molecule has 0 aromatic heterocycles. The highest BCUT2D eigenvalue weighted by Crippen LogP contribution is 1.87. The number of carbonyl (C=O) groups excluding carboxylic acids is 2. The average molecular weight is 144 g/mol. The molecule has 0 saturated heterocycles. The summed E-state index contributed by atoms with van der Waals surface area (Å²) < 4.78 is 0. The van der Waals surface area contributed by atoms with Crippen molar-refractivity contribution in [2.75, 3.05) is 0 Å². The topological polar surface area (TPSA) is 34.1 Å². The Labute approximate surface area is 65.8 Å². The zero-order chi connectivity index (χ0) is 6.57. The molecule has 0 amide bonds. The van der Waals surface area contributed by atoms with Gasteiger partial charge in [0.05, 0.1) is 6.42 Å². The molecule has 0 spiro atoms. The first-order valence-electron chi connectivity index (χ1n) is 2.68. The molecule has 0 atom stereocenters. The van der Waals surface area contributed by atoms with E-state index in [0.717, 1.165) is 0 Å². The molecule has 0 aliphatic carbocycles. The van der Waals surface area contributed by atoms with Crippen molar-refractivity contribution in [3.05, 3.63) is 0 Å². The van der Waals surface area contributed by atoms with Gasteiger partial charge in [0, 0.05) is 6.42 Å². The van der Waals surface area contributed by atoms with Gasteiger partial charge in [-0.05, 0) is 6.92 Å². The van der Waals surface area contributed by atoms with Gasteiger partial charge in [-0.1, -0.05) is 6.92 Å². The van der Waals surface area contributed by atoms with E-state index < -0.39 is 0 Å². The standard InChI is InChI=1S/C6H10O2.Al.3H/c1-3-6(8)4-5(2)7;;;;/h3-4H2,1-2H3;;;;. The van der Waals surface area contributed by atoms with Crippen molar-refractivity contribution in [3.8, 4) is 0 Å². The number of hydrogen-bond donors (Lipinski definition) is 0. The summed E-state index contributed by atoms with van der Waals surface area (Å²) in [5, 5.41) is 0. The summed E-state index contributed by atoms with van der Waals surface area (Å²) in [6.45, 7) is 3.18. The summed E-state index contributed by atoms with van der Waals surface area (Å²) in [4.78, 5) is 20.6. The average Bonchev–Trinajstić information content (AvgIpc) is 1.65. The van der Waals surface area contributed by atoms with E-state index in [9.17, 15) is 9.59 Å². The molecule has 0 fully saturated rings. The molecule has 0 saturated carbocycles. The highest BCUT2D eigenvalue weighted by atomic mass is 27.0. The quantitative estimate of drug-likeness (QED) is 0.404.